The van der Waals surface area contributed by atoms with Crippen LogP contribution < -0.4 is 5.32 Å². The highest BCUT2D eigenvalue weighted by Crippen LogP contribution is 2.19. The van der Waals surface area contributed by atoms with Gasteiger partial charge in [-0.1, -0.05) is 44.2 Å². The summed E-state index contributed by atoms with van der Waals surface area (Å²) in [5, 5.41) is 2.94. The Kier molecular flexibility index (Phi) is 6.95. The molecule has 19 heavy (non-hydrogen) atoms. The molecule has 2 unspecified atom stereocenters. The van der Waals surface area contributed by atoms with Gasteiger partial charge in [-0.3, -0.25) is 4.90 Å². The molecule has 0 spiro atoms. The second kappa shape index (κ2) is 8.23. The number of hydrogen-bond donors (Lipinski definition) is 1. The lowest BCUT2D eigenvalue weighted by molar-refractivity contribution is 0.0991. The lowest BCUT2D eigenvalue weighted by Crippen LogP contribution is -2.41. The van der Waals surface area contributed by atoms with Gasteiger partial charge in [-0.2, -0.15) is 0 Å². The molecule has 0 aromatic heterocycles. The van der Waals surface area contributed by atoms with Crippen molar-refractivity contribution in [3.8, 4) is 0 Å². The molecule has 0 saturated heterocycles. The van der Waals surface area contributed by atoms with Crippen molar-refractivity contribution in [2.45, 2.75) is 39.3 Å². The third-order valence-corrected chi connectivity index (χ3v) is 3.45. The van der Waals surface area contributed by atoms with E-state index in [1.807, 2.05) is 18.2 Å². The standard InChI is InChI=1S/C15H24F2N2/c1-4-19(5-2)14(11-18-12(3)15(16)17)13-9-7-6-8-10-13/h6-10,12,14-15,18H,4-5,11H2,1-3H3. The molecule has 1 N–H and O–H groups in total. The number of nitrogens with zero attached hydrogens (tertiary/aromatic N) is 1. The maximum Gasteiger partial charge on any atom is 0.253 e. The third-order valence-electron chi connectivity index (χ3n) is 3.45. The van der Waals surface area contributed by atoms with Gasteiger partial charge in [0.2, 0.25) is 0 Å². The largest absolute Gasteiger partial charge is 0.307 e. The molecule has 0 aliphatic carbocycles. The second-order valence-electron chi connectivity index (χ2n) is 4.68. The number of hydrogen-bond acceptors (Lipinski definition) is 2. The van der Waals surface area contributed by atoms with Gasteiger partial charge in [0.15, 0.2) is 0 Å². The summed E-state index contributed by atoms with van der Waals surface area (Å²) in [5.74, 6) is 0. The highest BCUT2D eigenvalue weighted by Gasteiger charge is 2.20. The second-order valence-corrected chi connectivity index (χ2v) is 4.68. The van der Waals surface area contributed by atoms with Crippen molar-refractivity contribution in [3.63, 3.8) is 0 Å². The van der Waals surface area contributed by atoms with E-state index in [-0.39, 0.29) is 6.04 Å². The van der Waals surface area contributed by atoms with Gasteiger partial charge >= 0.3 is 0 Å². The Bertz CT molecular complexity index is 339. The molecule has 0 bridgehead atoms. The number of rotatable bonds is 8. The summed E-state index contributed by atoms with van der Waals surface area (Å²) in [6.07, 6.45) is -2.33. The van der Waals surface area contributed by atoms with Gasteiger partial charge in [0.25, 0.3) is 6.43 Å². The topological polar surface area (TPSA) is 15.3 Å². The van der Waals surface area contributed by atoms with E-state index in [0.29, 0.717) is 6.54 Å². The van der Waals surface area contributed by atoms with Crippen LogP contribution in [0.4, 0.5) is 8.78 Å². The van der Waals surface area contributed by atoms with Crippen molar-refractivity contribution in [2.75, 3.05) is 19.6 Å². The summed E-state index contributed by atoms with van der Waals surface area (Å²) in [7, 11) is 0. The summed E-state index contributed by atoms with van der Waals surface area (Å²) in [5.41, 5.74) is 1.17. The molecule has 0 aliphatic rings. The lowest BCUT2D eigenvalue weighted by atomic mass is 10.0. The Hall–Kier alpha value is -1.00. The number of likely N-dealkylation sites (N-methyl/N-ethyl adjacent to an activating group) is 1. The fraction of sp³-hybridized carbons (Fsp3) is 0.600. The summed E-state index contributed by atoms with van der Waals surface area (Å²) in [4.78, 5) is 2.28. The Morgan fingerprint density at radius 2 is 1.68 bits per heavy atom. The first-order valence-electron chi connectivity index (χ1n) is 6.90. The van der Waals surface area contributed by atoms with E-state index < -0.39 is 12.5 Å². The first-order valence-corrected chi connectivity index (χ1v) is 6.90. The molecule has 1 aromatic rings. The average molecular weight is 270 g/mol. The molecule has 2 atom stereocenters. The maximum absolute atomic E-state index is 12.6. The quantitative estimate of drug-likeness (QED) is 0.779. The summed E-state index contributed by atoms with van der Waals surface area (Å²) < 4.78 is 25.1. The molecule has 0 radical (unpaired) electrons. The zero-order valence-electron chi connectivity index (χ0n) is 11.9. The molecule has 108 valence electrons. The van der Waals surface area contributed by atoms with Crippen LogP contribution in [0, 0.1) is 0 Å². The molecule has 0 aliphatic heterocycles. The SMILES string of the molecule is CCN(CC)C(CNC(C)C(F)F)c1ccccc1. The smallest absolute Gasteiger partial charge is 0.253 e. The van der Waals surface area contributed by atoms with Crippen LogP contribution in [0.2, 0.25) is 0 Å². The van der Waals surface area contributed by atoms with Crippen LogP contribution in [0.15, 0.2) is 30.3 Å². The molecule has 0 amide bonds. The van der Waals surface area contributed by atoms with Crippen molar-refractivity contribution >= 4 is 0 Å². The zero-order chi connectivity index (χ0) is 14.3. The lowest BCUT2D eigenvalue weighted by Gasteiger charge is -2.31. The number of nitrogens with one attached hydrogen (secondary N) is 1. The van der Waals surface area contributed by atoms with Crippen LogP contribution >= 0.6 is 0 Å². The van der Waals surface area contributed by atoms with Crippen molar-refractivity contribution in [1.29, 1.82) is 0 Å². The predicted molar refractivity (Wildman–Crippen MR) is 75.6 cm³/mol. The molecule has 0 heterocycles. The number of halogens is 2. The van der Waals surface area contributed by atoms with Crippen molar-refractivity contribution in [1.82, 2.24) is 10.2 Å². The number of alkyl halides is 2. The summed E-state index contributed by atoms with van der Waals surface area (Å²) in [6.45, 7) is 8.06. The minimum absolute atomic E-state index is 0.136. The molecule has 1 aromatic carbocycles. The van der Waals surface area contributed by atoms with Crippen LogP contribution in [0.3, 0.4) is 0 Å². The van der Waals surface area contributed by atoms with Crippen LogP contribution in [-0.4, -0.2) is 37.0 Å². The van der Waals surface area contributed by atoms with E-state index in [1.54, 1.807) is 0 Å². The zero-order valence-corrected chi connectivity index (χ0v) is 11.9. The predicted octanol–water partition coefficient (Wildman–Crippen LogP) is 3.31. The van der Waals surface area contributed by atoms with Gasteiger partial charge in [-0.25, -0.2) is 8.78 Å². The molecule has 0 saturated carbocycles. The first-order chi connectivity index (χ1) is 9.10. The minimum atomic E-state index is -2.33. The minimum Gasteiger partial charge on any atom is -0.307 e. The monoisotopic (exact) mass is 270 g/mol. The Labute approximate surface area is 114 Å². The van der Waals surface area contributed by atoms with Gasteiger partial charge in [0, 0.05) is 12.6 Å². The first kappa shape index (κ1) is 16.1. The molecular formula is C15H24F2N2. The van der Waals surface area contributed by atoms with E-state index >= 15 is 0 Å². The Balaban J connectivity index is 2.76. The molecule has 0 fully saturated rings. The van der Waals surface area contributed by atoms with Gasteiger partial charge < -0.3 is 5.32 Å². The van der Waals surface area contributed by atoms with E-state index in [0.717, 1.165) is 13.1 Å². The van der Waals surface area contributed by atoms with Crippen LogP contribution in [0.25, 0.3) is 0 Å². The van der Waals surface area contributed by atoms with E-state index in [1.165, 1.54) is 12.5 Å². The van der Waals surface area contributed by atoms with E-state index in [2.05, 4.69) is 36.2 Å². The third kappa shape index (κ3) is 4.88. The van der Waals surface area contributed by atoms with Gasteiger partial charge in [-0.15, -0.1) is 0 Å². The fourth-order valence-electron chi connectivity index (χ4n) is 2.18. The van der Waals surface area contributed by atoms with Gasteiger partial charge in [0.1, 0.15) is 0 Å². The van der Waals surface area contributed by atoms with Crippen LogP contribution in [0.1, 0.15) is 32.4 Å². The Morgan fingerprint density at radius 3 is 2.16 bits per heavy atom. The molecule has 4 heteroatoms. The normalized spacial score (nSPS) is 14.9. The molecular weight excluding hydrogens is 246 g/mol. The van der Waals surface area contributed by atoms with Crippen LogP contribution in [0.5, 0.6) is 0 Å². The van der Waals surface area contributed by atoms with Crippen molar-refractivity contribution < 1.29 is 8.78 Å². The number of benzene rings is 1. The fourth-order valence-corrected chi connectivity index (χ4v) is 2.18. The summed E-state index contributed by atoms with van der Waals surface area (Å²) in [6, 6.07) is 9.41. The Morgan fingerprint density at radius 1 is 1.11 bits per heavy atom. The highest BCUT2D eigenvalue weighted by atomic mass is 19.3. The van der Waals surface area contributed by atoms with Gasteiger partial charge in [0.05, 0.1) is 6.04 Å². The molecule has 2 nitrogen and oxygen atoms in total. The highest BCUT2D eigenvalue weighted by molar-refractivity contribution is 5.19. The van der Waals surface area contributed by atoms with Crippen LogP contribution in [-0.2, 0) is 0 Å². The van der Waals surface area contributed by atoms with Crippen molar-refractivity contribution in [3.05, 3.63) is 35.9 Å². The van der Waals surface area contributed by atoms with Crippen molar-refractivity contribution in [2.24, 2.45) is 0 Å². The van der Waals surface area contributed by atoms with E-state index in [4.69, 9.17) is 0 Å². The summed E-state index contributed by atoms with van der Waals surface area (Å²) >= 11 is 0. The molecule has 1 rings (SSSR count). The average Bonchev–Trinajstić information content (AvgIpc) is 2.43. The van der Waals surface area contributed by atoms with E-state index in [9.17, 15) is 8.78 Å². The van der Waals surface area contributed by atoms with Gasteiger partial charge in [-0.05, 0) is 25.6 Å². The maximum atomic E-state index is 12.6.